The minimum Gasteiger partial charge on any atom is -0.344 e. The molecule has 4 aromatic rings. The average Bonchev–Trinajstić information content (AvgIpc) is 3.26. The summed E-state index contributed by atoms with van der Waals surface area (Å²) in [5, 5.41) is 2.65. The zero-order chi connectivity index (χ0) is 19.2. The quantitative estimate of drug-likeness (QED) is 0.516. The van der Waals surface area contributed by atoms with Crippen LogP contribution in [0.25, 0.3) is 15.9 Å². The van der Waals surface area contributed by atoms with E-state index in [1.165, 1.54) is 15.7 Å². The topological polar surface area (TPSA) is 71.6 Å². The van der Waals surface area contributed by atoms with Gasteiger partial charge in [-0.25, -0.2) is 4.98 Å². The number of nitrogens with zero attached hydrogens (tertiary/aromatic N) is 4. The monoisotopic (exact) mass is 423 g/mol. The molecule has 4 rings (SSSR count). The standard InChI is InChI=1S/C17H18ClN5O2S2/c1-21(2)8-9-22-7-6-12-4-3-5-13(14(12)22)20-27(24,25)16-15(18)19-17-23(16)10-11-26-17/h3-7,10-11,20H,8-9H2,1-2H3. The van der Waals surface area contributed by atoms with Crippen LogP contribution in [0.5, 0.6) is 0 Å². The van der Waals surface area contributed by atoms with E-state index in [-0.39, 0.29) is 10.2 Å². The number of benzene rings is 1. The molecule has 0 fully saturated rings. The predicted octanol–water partition coefficient (Wildman–Crippen LogP) is 3.37. The van der Waals surface area contributed by atoms with E-state index in [2.05, 4.69) is 14.6 Å². The van der Waals surface area contributed by atoms with Crippen molar-refractivity contribution in [3.63, 3.8) is 0 Å². The SMILES string of the molecule is CN(C)CCn1ccc2cccc(NS(=O)(=O)c3c(Cl)nc4sccn34)c21. The van der Waals surface area contributed by atoms with Crippen LogP contribution < -0.4 is 4.72 Å². The number of sulfonamides is 1. The van der Waals surface area contributed by atoms with Gasteiger partial charge in [0.15, 0.2) is 15.1 Å². The van der Waals surface area contributed by atoms with E-state index in [4.69, 9.17) is 11.6 Å². The summed E-state index contributed by atoms with van der Waals surface area (Å²) in [5.41, 5.74) is 1.35. The molecule has 3 heterocycles. The van der Waals surface area contributed by atoms with E-state index in [1.807, 2.05) is 43.1 Å². The number of anilines is 1. The highest BCUT2D eigenvalue weighted by Gasteiger charge is 2.26. The molecule has 0 aliphatic heterocycles. The maximum atomic E-state index is 13.1. The summed E-state index contributed by atoms with van der Waals surface area (Å²) >= 11 is 7.44. The van der Waals surface area contributed by atoms with Crippen LogP contribution in [0.1, 0.15) is 0 Å². The Kier molecular flexibility index (Phi) is 4.63. The molecule has 0 amide bonds. The molecule has 1 N–H and O–H groups in total. The molecule has 0 spiro atoms. The first-order valence-electron chi connectivity index (χ1n) is 8.23. The van der Waals surface area contributed by atoms with Crippen molar-refractivity contribution in [2.24, 2.45) is 0 Å². The molecule has 0 bridgehead atoms. The van der Waals surface area contributed by atoms with Gasteiger partial charge >= 0.3 is 0 Å². The zero-order valence-electron chi connectivity index (χ0n) is 14.8. The Morgan fingerprint density at radius 3 is 2.85 bits per heavy atom. The molecular formula is C17H18ClN5O2S2. The molecule has 0 atom stereocenters. The van der Waals surface area contributed by atoms with Gasteiger partial charge in [0.2, 0.25) is 0 Å². The summed E-state index contributed by atoms with van der Waals surface area (Å²) in [5.74, 6) is 0. The third-order valence-electron chi connectivity index (χ3n) is 4.25. The fourth-order valence-corrected chi connectivity index (χ4v) is 5.53. The van der Waals surface area contributed by atoms with Gasteiger partial charge in [-0.2, -0.15) is 8.42 Å². The predicted molar refractivity (Wildman–Crippen MR) is 109 cm³/mol. The third-order valence-corrected chi connectivity index (χ3v) is 6.77. The van der Waals surface area contributed by atoms with Crippen LogP contribution >= 0.6 is 22.9 Å². The molecule has 27 heavy (non-hydrogen) atoms. The molecule has 0 saturated heterocycles. The number of fused-ring (bicyclic) bond motifs is 2. The molecule has 0 aliphatic rings. The number of hydrogen-bond acceptors (Lipinski definition) is 5. The highest BCUT2D eigenvalue weighted by atomic mass is 35.5. The Hall–Kier alpha value is -2.07. The molecule has 7 nitrogen and oxygen atoms in total. The van der Waals surface area contributed by atoms with E-state index in [9.17, 15) is 8.42 Å². The highest BCUT2D eigenvalue weighted by Crippen LogP contribution is 2.30. The van der Waals surface area contributed by atoms with Gasteiger partial charge in [0.05, 0.1) is 11.2 Å². The molecule has 3 aromatic heterocycles. The number of likely N-dealkylation sites (N-methyl/N-ethyl adjacent to an activating group) is 1. The molecule has 0 saturated carbocycles. The third kappa shape index (κ3) is 3.31. The smallest absolute Gasteiger partial charge is 0.281 e. The van der Waals surface area contributed by atoms with Gasteiger partial charge in [0, 0.05) is 36.2 Å². The second-order valence-electron chi connectivity index (χ2n) is 6.42. The molecular weight excluding hydrogens is 406 g/mol. The molecule has 10 heteroatoms. The molecule has 1 aromatic carbocycles. The number of para-hydroxylation sites is 1. The van der Waals surface area contributed by atoms with Gasteiger partial charge in [-0.15, -0.1) is 11.3 Å². The maximum Gasteiger partial charge on any atom is 0.281 e. The second kappa shape index (κ2) is 6.83. The molecule has 142 valence electrons. The Balaban J connectivity index is 1.77. The van der Waals surface area contributed by atoms with E-state index in [0.29, 0.717) is 10.6 Å². The lowest BCUT2D eigenvalue weighted by atomic mass is 10.2. The Bertz CT molecular complexity index is 1220. The minimum atomic E-state index is -3.91. The number of nitrogens with one attached hydrogen (secondary N) is 1. The van der Waals surface area contributed by atoms with Crippen molar-refractivity contribution >= 4 is 54.5 Å². The Morgan fingerprint density at radius 1 is 1.26 bits per heavy atom. The summed E-state index contributed by atoms with van der Waals surface area (Å²) in [7, 11) is 0.0929. The molecule has 0 radical (unpaired) electrons. The Morgan fingerprint density at radius 2 is 2.07 bits per heavy atom. The van der Waals surface area contributed by atoms with Crippen LogP contribution in [-0.2, 0) is 16.6 Å². The van der Waals surface area contributed by atoms with E-state index >= 15 is 0 Å². The van der Waals surface area contributed by atoms with E-state index < -0.39 is 10.0 Å². The summed E-state index contributed by atoms with van der Waals surface area (Å²) in [6.07, 6.45) is 3.61. The van der Waals surface area contributed by atoms with Crippen LogP contribution in [0.2, 0.25) is 5.15 Å². The van der Waals surface area contributed by atoms with Crippen molar-refractivity contribution in [1.82, 2.24) is 18.9 Å². The second-order valence-corrected chi connectivity index (χ2v) is 9.25. The fraction of sp³-hybridized carbons (Fsp3) is 0.235. The number of halogens is 1. The van der Waals surface area contributed by atoms with Crippen LogP contribution in [-0.4, -0.2) is 47.9 Å². The van der Waals surface area contributed by atoms with Crippen molar-refractivity contribution in [3.05, 3.63) is 47.2 Å². The first-order chi connectivity index (χ1) is 12.9. The van der Waals surface area contributed by atoms with Gasteiger partial charge < -0.3 is 9.47 Å². The molecule has 0 aliphatic carbocycles. The maximum absolute atomic E-state index is 13.1. The first-order valence-corrected chi connectivity index (χ1v) is 11.0. The van der Waals surface area contributed by atoms with Crippen LogP contribution in [0.15, 0.2) is 47.1 Å². The van der Waals surface area contributed by atoms with Crippen molar-refractivity contribution in [2.45, 2.75) is 11.6 Å². The summed E-state index contributed by atoms with van der Waals surface area (Å²) < 4.78 is 32.4. The van der Waals surface area contributed by atoms with Crippen LogP contribution in [0.4, 0.5) is 5.69 Å². The molecule has 0 unspecified atom stereocenters. The van der Waals surface area contributed by atoms with Gasteiger partial charge in [0.1, 0.15) is 0 Å². The number of rotatable bonds is 6. The van der Waals surface area contributed by atoms with Gasteiger partial charge in [-0.05, 0) is 26.2 Å². The highest BCUT2D eigenvalue weighted by molar-refractivity contribution is 7.92. The normalized spacial score (nSPS) is 12.4. The number of imidazole rings is 1. The summed E-state index contributed by atoms with van der Waals surface area (Å²) in [4.78, 5) is 6.73. The number of aromatic nitrogens is 3. The van der Waals surface area contributed by atoms with E-state index in [0.717, 1.165) is 24.0 Å². The number of hydrogen-bond donors (Lipinski definition) is 1. The van der Waals surface area contributed by atoms with Crippen molar-refractivity contribution in [1.29, 1.82) is 0 Å². The lowest BCUT2D eigenvalue weighted by molar-refractivity contribution is 0.387. The lowest BCUT2D eigenvalue weighted by Crippen LogP contribution is -2.19. The van der Waals surface area contributed by atoms with Crippen LogP contribution in [0.3, 0.4) is 0 Å². The van der Waals surface area contributed by atoms with E-state index in [1.54, 1.807) is 17.6 Å². The van der Waals surface area contributed by atoms with Gasteiger partial charge in [0.25, 0.3) is 10.0 Å². The summed E-state index contributed by atoms with van der Waals surface area (Å²) in [6.45, 7) is 1.59. The van der Waals surface area contributed by atoms with Crippen molar-refractivity contribution < 1.29 is 8.42 Å². The van der Waals surface area contributed by atoms with Crippen molar-refractivity contribution in [3.8, 4) is 0 Å². The van der Waals surface area contributed by atoms with Gasteiger partial charge in [-0.1, -0.05) is 23.7 Å². The first kappa shape index (κ1) is 18.3. The van der Waals surface area contributed by atoms with Gasteiger partial charge in [-0.3, -0.25) is 9.12 Å². The Labute approximate surface area is 165 Å². The average molecular weight is 424 g/mol. The lowest BCUT2D eigenvalue weighted by Gasteiger charge is -2.14. The minimum absolute atomic E-state index is 0.0375. The fourth-order valence-electron chi connectivity index (χ4n) is 3.01. The zero-order valence-corrected chi connectivity index (χ0v) is 17.1. The van der Waals surface area contributed by atoms with Crippen LogP contribution in [0, 0.1) is 0 Å². The largest absolute Gasteiger partial charge is 0.344 e. The van der Waals surface area contributed by atoms with Crippen molar-refractivity contribution in [2.75, 3.05) is 25.4 Å². The number of thiazole rings is 1. The summed E-state index contributed by atoms with van der Waals surface area (Å²) in [6, 6.07) is 7.52.